The minimum atomic E-state index is -0.444. The standard InChI is InChI=1S/C24H26N2O4S/c1-3-4-13-25-22(27)15-26-23(28)21(31-24(26)29)14-18-9-11-20(12-10-18)30-16-19-7-5-17(2)6-8-19/h5-12,14H,3-4,13,15-16H2,1-2H3,(H,25,27)/b21-14-. The second-order valence-electron chi connectivity index (χ2n) is 7.31. The van der Waals surface area contributed by atoms with Crippen LogP contribution in [0.25, 0.3) is 6.08 Å². The molecule has 0 saturated carbocycles. The molecule has 1 aliphatic heterocycles. The van der Waals surface area contributed by atoms with Crippen LogP contribution in [0.4, 0.5) is 4.79 Å². The molecule has 1 heterocycles. The van der Waals surface area contributed by atoms with Gasteiger partial charge in [-0.2, -0.15) is 0 Å². The number of ether oxygens (including phenoxy) is 1. The molecule has 162 valence electrons. The van der Waals surface area contributed by atoms with E-state index in [1.54, 1.807) is 6.08 Å². The first-order valence-corrected chi connectivity index (χ1v) is 11.1. The van der Waals surface area contributed by atoms with Gasteiger partial charge in [0.2, 0.25) is 5.91 Å². The van der Waals surface area contributed by atoms with Crippen molar-refractivity contribution in [3.63, 3.8) is 0 Å². The molecule has 0 radical (unpaired) electrons. The molecule has 0 unspecified atom stereocenters. The second-order valence-corrected chi connectivity index (χ2v) is 8.31. The van der Waals surface area contributed by atoms with Gasteiger partial charge in [-0.3, -0.25) is 19.3 Å². The fourth-order valence-corrected chi connectivity index (χ4v) is 3.74. The lowest BCUT2D eigenvalue weighted by molar-refractivity contribution is -0.129. The number of hydrogen-bond acceptors (Lipinski definition) is 5. The molecule has 1 saturated heterocycles. The van der Waals surface area contributed by atoms with Crippen molar-refractivity contribution in [3.05, 3.63) is 70.1 Å². The van der Waals surface area contributed by atoms with E-state index < -0.39 is 11.1 Å². The van der Waals surface area contributed by atoms with Gasteiger partial charge in [-0.1, -0.05) is 55.3 Å². The van der Waals surface area contributed by atoms with Gasteiger partial charge in [-0.15, -0.1) is 0 Å². The molecule has 2 aromatic carbocycles. The highest BCUT2D eigenvalue weighted by molar-refractivity contribution is 8.18. The molecule has 1 fully saturated rings. The van der Waals surface area contributed by atoms with Gasteiger partial charge >= 0.3 is 0 Å². The number of benzene rings is 2. The summed E-state index contributed by atoms with van der Waals surface area (Å²) in [6.07, 6.45) is 3.47. The van der Waals surface area contributed by atoms with Crippen LogP contribution in [0.1, 0.15) is 36.5 Å². The molecule has 0 atom stereocenters. The van der Waals surface area contributed by atoms with Gasteiger partial charge < -0.3 is 10.1 Å². The highest BCUT2D eigenvalue weighted by Crippen LogP contribution is 2.32. The third-order valence-corrected chi connectivity index (χ3v) is 5.64. The number of nitrogens with one attached hydrogen (secondary N) is 1. The van der Waals surface area contributed by atoms with Gasteiger partial charge in [-0.05, 0) is 54.4 Å². The first kappa shape index (κ1) is 22.6. The fraction of sp³-hybridized carbons (Fsp3) is 0.292. The van der Waals surface area contributed by atoms with Gasteiger partial charge in [0.05, 0.1) is 4.91 Å². The van der Waals surface area contributed by atoms with E-state index in [-0.39, 0.29) is 12.5 Å². The van der Waals surface area contributed by atoms with Gasteiger partial charge in [0, 0.05) is 6.54 Å². The van der Waals surface area contributed by atoms with Gasteiger partial charge in [0.25, 0.3) is 11.1 Å². The number of amides is 3. The van der Waals surface area contributed by atoms with Crippen LogP contribution in [0.3, 0.4) is 0 Å². The summed E-state index contributed by atoms with van der Waals surface area (Å²) in [5.41, 5.74) is 3.07. The zero-order valence-corrected chi connectivity index (χ0v) is 18.5. The van der Waals surface area contributed by atoms with Crippen molar-refractivity contribution in [2.75, 3.05) is 13.1 Å². The van der Waals surface area contributed by atoms with Crippen molar-refractivity contribution in [1.82, 2.24) is 10.2 Å². The SMILES string of the molecule is CCCCNC(=O)CN1C(=O)S/C(=C\c2ccc(OCc3ccc(C)cc3)cc2)C1=O. The summed E-state index contributed by atoms with van der Waals surface area (Å²) in [6.45, 7) is 4.83. The molecule has 7 heteroatoms. The Morgan fingerprint density at radius 2 is 1.81 bits per heavy atom. The number of aryl methyl sites for hydroxylation is 1. The maximum absolute atomic E-state index is 12.5. The summed E-state index contributed by atoms with van der Waals surface area (Å²) in [6, 6.07) is 15.5. The van der Waals surface area contributed by atoms with Crippen molar-refractivity contribution in [2.45, 2.75) is 33.3 Å². The van der Waals surface area contributed by atoms with Crippen LogP contribution in [-0.2, 0) is 16.2 Å². The number of nitrogens with zero attached hydrogens (tertiary/aromatic N) is 1. The fourth-order valence-electron chi connectivity index (χ4n) is 2.90. The third-order valence-electron chi connectivity index (χ3n) is 4.73. The van der Waals surface area contributed by atoms with Crippen LogP contribution in [-0.4, -0.2) is 35.0 Å². The Morgan fingerprint density at radius 3 is 2.48 bits per heavy atom. The van der Waals surface area contributed by atoms with Crippen LogP contribution in [0.2, 0.25) is 0 Å². The summed E-state index contributed by atoms with van der Waals surface area (Å²) < 4.78 is 5.80. The van der Waals surface area contributed by atoms with Crippen molar-refractivity contribution < 1.29 is 19.1 Å². The summed E-state index contributed by atoms with van der Waals surface area (Å²) in [7, 11) is 0. The maximum Gasteiger partial charge on any atom is 0.294 e. The van der Waals surface area contributed by atoms with E-state index >= 15 is 0 Å². The number of carbonyl (C=O) groups is 3. The molecule has 0 spiro atoms. The molecule has 3 amide bonds. The molecular formula is C24H26N2O4S. The molecule has 1 aliphatic rings. The Morgan fingerprint density at radius 1 is 1.10 bits per heavy atom. The molecule has 0 aromatic heterocycles. The zero-order valence-electron chi connectivity index (χ0n) is 17.7. The molecule has 0 aliphatic carbocycles. The zero-order chi connectivity index (χ0) is 22.2. The van der Waals surface area contributed by atoms with E-state index in [0.717, 1.165) is 46.4 Å². The largest absolute Gasteiger partial charge is 0.489 e. The highest BCUT2D eigenvalue weighted by Gasteiger charge is 2.36. The Bertz CT molecular complexity index is 968. The topological polar surface area (TPSA) is 75.7 Å². The van der Waals surface area contributed by atoms with E-state index in [2.05, 4.69) is 5.32 Å². The Hall–Kier alpha value is -3.06. The highest BCUT2D eigenvalue weighted by atomic mass is 32.2. The summed E-state index contributed by atoms with van der Waals surface area (Å²) >= 11 is 0.847. The molecular weight excluding hydrogens is 412 g/mol. The monoisotopic (exact) mass is 438 g/mol. The molecule has 3 rings (SSSR count). The molecule has 31 heavy (non-hydrogen) atoms. The molecule has 2 aromatic rings. The number of imide groups is 1. The third kappa shape index (κ3) is 6.46. The van der Waals surface area contributed by atoms with E-state index in [4.69, 9.17) is 4.74 Å². The Balaban J connectivity index is 1.57. The predicted octanol–water partition coefficient (Wildman–Crippen LogP) is 4.53. The van der Waals surface area contributed by atoms with Gasteiger partial charge in [-0.25, -0.2) is 0 Å². The summed E-state index contributed by atoms with van der Waals surface area (Å²) in [5, 5.41) is 2.29. The molecule has 1 N–H and O–H groups in total. The van der Waals surface area contributed by atoms with Crippen LogP contribution < -0.4 is 10.1 Å². The van der Waals surface area contributed by atoms with Crippen molar-refractivity contribution in [2.24, 2.45) is 0 Å². The van der Waals surface area contributed by atoms with Crippen LogP contribution >= 0.6 is 11.8 Å². The molecule has 6 nitrogen and oxygen atoms in total. The molecule has 0 bridgehead atoms. The lowest BCUT2D eigenvalue weighted by Crippen LogP contribution is -2.39. The van der Waals surface area contributed by atoms with E-state index in [1.165, 1.54) is 5.56 Å². The smallest absolute Gasteiger partial charge is 0.294 e. The Kier molecular flexibility index (Phi) is 7.89. The van der Waals surface area contributed by atoms with Crippen LogP contribution in [0.5, 0.6) is 5.75 Å². The van der Waals surface area contributed by atoms with Gasteiger partial charge in [0.15, 0.2) is 0 Å². The Labute approximate surface area is 186 Å². The lowest BCUT2D eigenvalue weighted by Gasteiger charge is -2.12. The number of thioether (sulfide) groups is 1. The van der Waals surface area contributed by atoms with Crippen molar-refractivity contribution >= 4 is 34.9 Å². The quantitative estimate of drug-likeness (QED) is 0.460. The second kappa shape index (κ2) is 10.8. The van der Waals surface area contributed by atoms with Crippen molar-refractivity contribution in [1.29, 1.82) is 0 Å². The number of carbonyl (C=O) groups excluding carboxylic acids is 3. The van der Waals surface area contributed by atoms with E-state index in [9.17, 15) is 14.4 Å². The number of rotatable bonds is 9. The normalized spacial score (nSPS) is 14.9. The number of unbranched alkanes of at least 4 members (excludes halogenated alkanes) is 1. The average molecular weight is 439 g/mol. The first-order chi connectivity index (χ1) is 15.0. The summed E-state index contributed by atoms with van der Waals surface area (Å²) in [4.78, 5) is 38.0. The average Bonchev–Trinajstić information content (AvgIpc) is 3.02. The maximum atomic E-state index is 12.5. The van der Waals surface area contributed by atoms with Crippen molar-refractivity contribution in [3.8, 4) is 5.75 Å². The van der Waals surface area contributed by atoms with Gasteiger partial charge in [0.1, 0.15) is 18.9 Å². The van der Waals surface area contributed by atoms with Crippen LogP contribution in [0.15, 0.2) is 53.4 Å². The minimum absolute atomic E-state index is 0.252. The number of hydrogen-bond donors (Lipinski definition) is 1. The summed E-state index contributed by atoms with van der Waals surface area (Å²) in [5.74, 6) is -0.0537. The minimum Gasteiger partial charge on any atom is -0.489 e. The van der Waals surface area contributed by atoms with E-state index in [0.29, 0.717) is 18.1 Å². The predicted molar refractivity (Wildman–Crippen MR) is 123 cm³/mol. The first-order valence-electron chi connectivity index (χ1n) is 10.3. The van der Waals surface area contributed by atoms with Crippen LogP contribution in [0, 0.1) is 6.92 Å². The van der Waals surface area contributed by atoms with E-state index in [1.807, 2.05) is 62.4 Å². The lowest BCUT2D eigenvalue weighted by atomic mass is 10.1.